The Hall–Kier alpha value is -4.39. The Kier molecular flexibility index (Phi) is 9.10. The van der Waals surface area contributed by atoms with Crippen molar-refractivity contribution in [1.82, 2.24) is 14.8 Å². The Morgan fingerprint density at radius 3 is 2.30 bits per heavy atom. The number of nitrogens with zero attached hydrogens (tertiary/aromatic N) is 3. The fourth-order valence-corrected chi connectivity index (χ4v) is 6.59. The minimum Gasteiger partial charge on any atom is -0.335 e. The van der Waals surface area contributed by atoms with Crippen molar-refractivity contribution >= 4 is 51.7 Å². The molecule has 1 fully saturated rings. The second-order valence-corrected chi connectivity index (χ2v) is 12.0. The predicted molar refractivity (Wildman–Crippen MR) is 177 cm³/mol. The van der Waals surface area contributed by atoms with Gasteiger partial charge in [-0.1, -0.05) is 89.9 Å². The Morgan fingerprint density at radius 2 is 1.55 bits per heavy atom. The molecule has 6 nitrogen and oxygen atoms in total. The molecule has 0 saturated carbocycles. The lowest BCUT2D eigenvalue weighted by Gasteiger charge is -2.44. The van der Waals surface area contributed by atoms with Crippen molar-refractivity contribution in [3.63, 3.8) is 0 Å². The van der Waals surface area contributed by atoms with E-state index in [1.165, 1.54) is 0 Å². The monoisotopic (exact) mass is 622 g/mol. The molecule has 0 bridgehead atoms. The summed E-state index contributed by atoms with van der Waals surface area (Å²) in [5.74, 6) is -0.116. The molecule has 3 amide bonds. The van der Waals surface area contributed by atoms with E-state index in [0.29, 0.717) is 48.0 Å². The number of para-hydroxylation sites is 2. The van der Waals surface area contributed by atoms with Crippen LogP contribution in [0.4, 0.5) is 10.5 Å². The molecule has 0 radical (unpaired) electrons. The maximum Gasteiger partial charge on any atom is 0.322 e. The highest BCUT2D eigenvalue weighted by Crippen LogP contribution is 2.30. The van der Waals surface area contributed by atoms with Crippen LogP contribution in [0, 0.1) is 0 Å². The van der Waals surface area contributed by atoms with E-state index in [2.05, 4.69) is 22.4 Å². The number of rotatable bonds is 7. The number of amides is 3. The van der Waals surface area contributed by atoms with Gasteiger partial charge in [0.2, 0.25) is 0 Å². The van der Waals surface area contributed by atoms with Crippen molar-refractivity contribution in [2.45, 2.75) is 37.9 Å². The number of anilines is 1. The lowest BCUT2D eigenvalue weighted by atomic mass is 9.90. The summed E-state index contributed by atoms with van der Waals surface area (Å²) < 4.78 is 0. The molecule has 1 aromatic heterocycles. The maximum atomic E-state index is 14.0. The van der Waals surface area contributed by atoms with Gasteiger partial charge in [-0.05, 0) is 72.9 Å². The summed E-state index contributed by atoms with van der Waals surface area (Å²) in [6.07, 6.45) is 3.68. The molecule has 2 heterocycles. The molecule has 1 saturated heterocycles. The van der Waals surface area contributed by atoms with Gasteiger partial charge in [-0.2, -0.15) is 0 Å². The lowest BCUT2D eigenvalue weighted by molar-refractivity contribution is 0.0487. The van der Waals surface area contributed by atoms with Crippen LogP contribution in [-0.2, 0) is 13.0 Å². The van der Waals surface area contributed by atoms with Gasteiger partial charge in [-0.25, -0.2) is 4.79 Å². The molecule has 222 valence electrons. The Morgan fingerprint density at radius 1 is 0.864 bits per heavy atom. The van der Waals surface area contributed by atoms with Gasteiger partial charge < -0.3 is 15.1 Å². The largest absolute Gasteiger partial charge is 0.335 e. The van der Waals surface area contributed by atoms with Crippen LogP contribution in [0.2, 0.25) is 10.0 Å². The molecule has 1 aliphatic heterocycles. The summed E-state index contributed by atoms with van der Waals surface area (Å²) in [4.78, 5) is 36.3. The van der Waals surface area contributed by atoms with E-state index >= 15 is 0 Å². The predicted octanol–water partition coefficient (Wildman–Crippen LogP) is 8.49. The second-order valence-electron chi connectivity index (χ2n) is 11.1. The van der Waals surface area contributed by atoms with Crippen molar-refractivity contribution in [2.24, 2.45) is 0 Å². The average molecular weight is 624 g/mol. The fourth-order valence-electron chi connectivity index (χ4n) is 6.06. The highest BCUT2D eigenvalue weighted by molar-refractivity contribution is 6.35. The van der Waals surface area contributed by atoms with Crippen LogP contribution in [0.1, 0.15) is 34.3 Å². The topological polar surface area (TPSA) is 65.5 Å². The van der Waals surface area contributed by atoms with Crippen molar-refractivity contribution in [2.75, 3.05) is 11.9 Å². The lowest BCUT2D eigenvalue weighted by Crippen LogP contribution is -2.54. The first-order valence-electron chi connectivity index (χ1n) is 14.7. The van der Waals surface area contributed by atoms with Crippen molar-refractivity contribution < 1.29 is 9.59 Å². The zero-order valence-corrected chi connectivity index (χ0v) is 25.6. The van der Waals surface area contributed by atoms with Crippen LogP contribution >= 0.6 is 23.2 Å². The number of fused-ring (bicyclic) bond motifs is 1. The summed E-state index contributed by atoms with van der Waals surface area (Å²) >= 11 is 12.5. The van der Waals surface area contributed by atoms with Gasteiger partial charge in [0.15, 0.2) is 0 Å². The highest BCUT2D eigenvalue weighted by Gasteiger charge is 2.37. The third-order valence-electron chi connectivity index (χ3n) is 8.18. The van der Waals surface area contributed by atoms with E-state index in [9.17, 15) is 9.59 Å². The van der Waals surface area contributed by atoms with Gasteiger partial charge in [0.25, 0.3) is 5.91 Å². The Balaban J connectivity index is 1.33. The van der Waals surface area contributed by atoms with Gasteiger partial charge in [-0.15, -0.1) is 0 Å². The first kappa shape index (κ1) is 29.7. The summed E-state index contributed by atoms with van der Waals surface area (Å²) in [7, 11) is 0. The van der Waals surface area contributed by atoms with Crippen molar-refractivity contribution in [3.8, 4) is 0 Å². The quantitative estimate of drug-likeness (QED) is 0.198. The first-order chi connectivity index (χ1) is 21.4. The number of benzene rings is 4. The van der Waals surface area contributed by atoms with Crippen LogP contribution < -0.4 is 5.32 Å². The summed E-state index contributed by atoms with van der Waals surface area (Å²) in [6, 6.07) is 34.1. The number of aromatic nitrogens is 1. The molecule has 1 N–H and O–H groups in total. The number of nitrogens with one attached hydrogen (secondary N) is 1. The molecule has 0 spiro atoms. The van der Waals surface area contributed by atoms with E-state index in [0.717, 1.165) is 27.7 Å². The Bertz CT molecular complexity index is 1740. The number of pyridine rings is 1. The molecule has 0 aliphatic carbocycles. The van der Waals surface area contributed by atoms with E-state index in [4.69, 9.17) is 23.2 Å². The number of halogens is 2. The minimum atomic E-state index is -0.179. The highest BCUT2D eigenvalue weighted by atomic mass is 35.5. The van der Waals surface area contributed by atoms with Crippen LogP contribution in [-0.4, -0.2) is 45.4 Å². The van der Waals surface area contributed by atoms with Crippen molar-refractivity contribution in [1.29, 1.82) is 0 Å². The number of hydrogen-bond acceptors (Lipinski definition) is 3. The zero-order chi connectivity index (χ0) is 30.5. The zero-order valence-electron chi connectivity index (χ0n) is 24.1. The summed E-state index contributed by atoms with van der Waals surface area (Å²) in [6.45, 7) is 0.889. The van der Waals surface area contributed by atoms with Gasteiger partial charge in [-0.3, -0.25) is 9.78 Å². The molecule has 8 heteroatoms. The van der Waals surface area contributed by atoms with E-state index in [-0.39, 0.29) is 24.0 Å². The molecular weight excluding hydrogens is 591 g/mol. The minimum absolute atomic E-state index is 0.116. The van der Waals surface area contributed by atoms with Crippen molar-refractivity contribution in [3.05, 3.63) is 142 Å². The van der Waals surface area contributed by atoms with Gasteiger partial charge in [0.1, 0.15) is 0 Å². The number of carbonyl (C=O) groups excluding carboxylic acids is 2. The molecule has 1 aliphatic rings. The van der Waals surface area contributed by atoms with Gasteiger partial charge in [0, 0.05) is 58.1 Å². The average Bonchev–Trinajstić information content (AvgIpc) is 3.04. The first-order valence-corrected chi connectivity index (χ1v) is 15.5. The molecule has 44 heavy (non-hydrogen) atoms. The molecule has 2 atom stereocenters. The normalized spacial score (nSPS) is 16.5. The van der Waals surface area contributed by atoms with Crippen LogP contribution in [0.3, 0.4) is 0 Å². The third-order valence-corrected chi connectivity index (χ3v) is 8.62. The van der Waals surface area contributed by atoms with E-state index in [1.54, 1.807) is 24.4 Å². The molecule has 6 rings (SSSR count). The number of likely N-dealkylation sites (tertiary alicyclic amines) is 1. The molecule has 4 aromatic carbocycles. The van der Waals surface area contributed by atoms with Gasteiger partial charge in [0.05, 0.1) is 5.52 Å². The van der Waals surface area contributed by atoms with Crippen LogP contribution in [0.25, 0.3) is 10.9 Å². The van der Waals surface area contributed by atoms with E-state index < -0.39 is 0 Å². The third kappa shape index (κ3) is 6.88. The Labute approximate surface area is 267 Å². The SMILES string of the molecule is O=C(Nc1ccccc1)N(Cc1ccnc2ccccc12)C1CCN(C(=O)c2cc(Cl)cc(Cl)c2)C(Cc2ccccc2)C1. The number of carbonyl (C=O) groups is 2. The van der Waals surface area contributed by atoms with Gasteiger partial charge >= 0.3 is 6.03 Å². The number of piperidine rings is 1. The molecular formula is C36H32Cl2N4O2. The smallest absolute Gasteiger partial charge is 0.322 e. The van der Waals surface area contributed by atoms with E-state index in [1.807, 2.05) is 88.7 Å². The summed E-state index contributed by atoms with van der Waals surface area (Å²) in [5, 5.41) is 4.96. The fraction of sp³-hybridized carbons (Fsp3) is 0.194. The standard InChI is InChI=1S/C36H32Cl2N4O2/c37-28-20-27(21-29(38)22-28)35(43)41-18-16-31(23-32(41)19-25-9-3-1-4-10-25)42(36(44)40-30-11-5-2-6-12-30)24-26-15-17-39-34-14-8-7-13-33(26)34/h1-15,17,20-22,31-32H,16,18-19,23-24H2,(H,40,44). The molecule has 2 unspecified atom stereocenters. The number of urea groups is 1. The second kappa shape index (κ2) is 13.5. The van der Waals surface area contributed by atoms with Crippen LogP contribution in [0.15, 0.2) is 115 Å². The molecule has 5 aromatic rings. The van der Waals surface area contributed by atoms with Crippen LogP contribution in [0.5, 0.6) is 0 Å². The summed E-state index contributed by atoms with van der Waals surface area (Å²) in [5.41, 5.74) is 4.22. The maximum absolute atomic E-state index is 14.0. The number of hydrogen-bond donors (Lipinski definition) is 1.